The highest BCUT2D eigenvalue weighted by Crippen LogP contribution is 2.39. The van der Waals surface area contributed by atoms with Gasteiger partial charge in [-0.05, 0) is 53.5 Å². The van der Waals surface area contributed by atoms with Crippen molar-refractivity contribution in [3.63, 3.8) is 0 Å². The van der Waals surface area contributed by atoms with Crippen molar-refractivity contribution in [1.82, 2.24) is 10.3 Å². The van der Waals surface area contributed by atoms with Crippen LogP contribution < -0.4 is 5.32 Å². The lowest BCUT2D eigenvalue weighted by Crippen LogP contribution is -2.21. The summed E-state index contributed by atoms with van der Waals surface area (Å²) in [6, 6.07) is 3.78. The molecule has 3 rings (SSSR count). The Morgan fingerprint density at radius 3 is 2.93 bits per heavy atom. The van der Waals surface area contributed by atoms with Gasteiger partial charge < -0.3 is 5.32 Å². The van der Waals surface area contributed by atoms with Gasteiger partial charge in [-0.2, -0.15) is 0 Å². The Balaban J connectivity index is 1.89. The van der Waals surface area contributed by atoms with E-state index in [0.29, 0.717) is 0 Å². The summed E-state index contributed by atoms with van der Waals surface area (Å²) < 4.78 is 1.25. The molecule has 3 heteroatoms. The van der Waals surface area contributed by atoms with Gasteiger partial charge in [0.15, 0.2) is 0 Å². The van der Waals surface area contributed by atoms with E-state index in [1.807, 2.05) is 12.4 Å². The molecule has 0 aromatic carbocycles. The molecule has 2 aliphatic heterocycles. The van der Waals surface area contributed by atoms with Gasteiger partial charge in [-0.15, -0.1) is 0 Å². The van der Waals surface area contributed by atoms with E-state index >= 15 is 0 Å². The Morgan fingerprint density at radius 2 is 2.29 bits per heavy atom. The largest absolute Gasteiger partial charge is 0.311 e. The van der Waals surface area contributed by atoms with Crippen LogP contribution in [0.25, 0.3) is 0 Å². The van der Waals surface area contributed by atoms with Crippen LogP contribution in [-0.2, 0) is 0 Å². The number of hydrogen-bond acceptors (Lipinski definition) is 2. The molecule has 2 aliphatic rings. The first-order valence-corrected chi connectivity index (χ1v) is 6.27. The van der Waals surface area contributed by atoms with Crippen molar-refractivity contribution < 1.29 is 0 Å². The smallest absolute Gasteiger partial charge is 0.0401 e. The van der Waals surface area contributed by atoms with E-state index in [4.69, 9.17) is 0 Å². The van der Waals surface area contributed by atoms with E-state index in [1.165, 1.54) is 28.4 Å². The van der Waals surface area contributed by atoms with E-state index in [1.54, 1.807) is 0 Å². The molecule has 0 spiro atoms. The number of nitrogens with one attached hydrogen (secondary N) is 1. The van der Waals surface area contributed by atoms with Gasteiger partial charge in [0.2, 0.25) is 0 Å². The fraction of sp³-hybridized carbons (Fsp3) is 0.545. The summed E-state index contributed by atoms with van der Waals surface area (Å²) in [5.74, 6) is 0.718. The highest BCUT2D eigenvalue weighted by Gasteiger charge is 2.39. The lowest BCUT2D eigenvalue weighted by atomic mass is 9.85. The highest BCUT2D eigenvalue weighted by atomic mass is 127. The van der Waals surface area contributed by atoms with Crippen molar-refractivity contribution in [2.75, 3.05) is 0 Å². The molecule has 0 unspecified atom stereocenters. The molecule has 74 valence electrons. The maximum Gasteiger partial charge on any atom is 0.0401 e. The van der Waals surface area contributed by atoms with Crippen LogP contribution in [0.5, 0.6) is 0 Å². The van der Waals surface area contributed by atoms with Crippen molar-refractivity contribution in [3.8, 4) is 0 Å². The van der Waals surface area contributed by atoms with Crippen LogP contribution in [-0.4, -0.2) is 17.1 Å². The second-order valence-electron chi connectivity index (χ2n) is 4.33. The summed E-state index contributed by atoms with van der Waals surface area (Å²) in [6.45, 7) is 0. The van der Waals surface area contributed by atoms with Crippen LogP contribution in [0.3, 0.4) is 0 Å². The lowest BCUT2D eigenvalue weighted by Gasteiger charge is -2.20. The lowest BCUT2D eigenvalue weighted by molar-refractivity contribution is 0.505. The minimum atomic E-state index is 0.718. The molecule has 0 saturated carbocycles. The molecule has 1 aromatic rings. The maximum absolute atomic E-state index is 4.28. The number of halogens is 1. The summed E-state index contributed by atoms with van der Waals surface area (Å²) in [6.07, 6.45) is 7.99. The highest BCUT2D eigenvalue weighted by molar-refractivity contribution is 14.1. The van der Waals surface area contributed by atoms with Gasteiger partial charge in [0.1, 0.15) is 0 Å². The quantitative estimate of drug-likeness (QED) is 0.805. The molecule has 2 saturated heterocycles. The standard InChI is InChI=1S/C11H13IN2/c12-8-3-7(5-13-6-8)10-4-9-1-2-11(10)14-9/h3,5-6,9-11,14H,1-2,4H2/t9-,10+,11+/m0/s1. The predicted molar refractivity (Wildman–Crippen MR) is 64.3 cm³/mol. The van der Waals surface area contributed by atoms with Gasteiger partial charge in [-0.25, -0.2) is 0 Å². The van der Waals surface area contributed by atoms with E-state index in [9.17, 15) is 0 Å². The number of pyridine rings is 1. The van der Waals surface area contributed by atoms with Gasteiger partial charge in [-0.1, -0.05) is 0 Å². The molecule has 1 aromatic heterocycles. The molecular weight excluding hydrogens is 287 g/mol. The van der Waals surface area contributed by atoms with Gasteiger partial charge in [0.05, 0.1) is 0 Å². The number of rotatable bonds is 1. The maximum atomic E-state index is 4.28. The van der Waals surface area contributed by atoms with Crippen molar-refractivity contribution in [1.29, 1.82) is 0 Å². The number of aromatic nitrogens is 1. The molecule has 2 bridgehead atoms. The molecule has 0 radical (unpaired) electrons. The van der Waals surface area contributed by atoms with Crippen LogP contribution in [0, 0.1) is 3.57 Å². The molecule has 0 aliphatic carbocycles. The summed E-state index contributed by atoms with van der Waals surface area (Å²) in [5.41, 5.74) is 1.43. The summed E-state index contributed by atoms with van der Waals surface area (Å²) >= 11 is 2.34. The third-order valence-corrected chi connectivity index (χ3v) is 4.04. The van der Waals surface area contributed by atoms with E-state index in [-0.39, 0.29) is 0 Å². The van der Waals surface area contributed by atoms with Crippen LogP contribution in [0.2, 0.25) is 0 Å². The summed E-state index contributed by atoms with van der Waals surface area (Å²) in [5, 5.41) is 3.67. The molecule has 14 heavy (non-hydrogen) atoms. The Kier molecular flexibility index (Phi) is 2.24. The van der Waals surface area contributed by atoms with Gasteiger partial charge in [-0.3, -0.25) is 4.98 Å². The Hall–Kier alpha value is -0.160. The first-order valence-electron chi connectivity index (χ1n) is 5.19. The van der Waals surface area contributed by atoms with E-state index in [2.05, 4.69) is 39.0 Å². The molecule has 3 heterocycles. The van der Waals surface area contributed by atoms with Crippen molar-refractivity contribution in [2.45, 2.75) is 37.3 Å². The summed E-state index contributed by atoms with van der Waals surface area (Å²) in [4.78, 5) is 4.28. The minimum Gasteiger partial charge on any atom is -0.311 e. The van der Waals surface area contributed by atoms with Crippen LogP contribution in [0.1, 0.15) is 30.7 Å². The summed E-state index contributed by atoms with van der Waals surface area (Å²) in [7, 11) is 0. The molecule has 3 atom stereocenters. The number of hydrogen-bond donors (Lipinski definition) is 1. The molecule has 2 nitrogen and oxygen atoms in total. The monoisotopic (exact) mass is 300 g/mol. The van der Waals surface area contributed by atoms with Gasteiger partial charge in [0.25, 0.3) is 0 Å². The zero-order valence-corrected chi connectivity index (χ0v) is 10.1. The van der Waals surface area contributed by atoms with Crippen LogP contribution >= 0.6 is 22.6 Å². The fourth-order valence-electron chi connectivity index (χ4n) is 2.82. The normalized spacial score (nSPS) is 35.1. The van der Waals surface area contributed by atoms with Gasteiger partial charge >= 0.3 is 0 Å². The number of fused-ring (bicyclic) bond motifs is 2. The Bertz CT molecular complexity index is 353. The predicted octanol–water partition coefficient (Wildman–Crippen LogP) is 2.29. The second kappa shape index (κ2) is 3.45. The Morgan fingerprint density at radius 1 is 1.36 bits per heavy atom. The van der Waals surface area contributed by atoms with Crippen LogP contribution in [0.15, 0.2) is 18.5 Å². The van der Waals surface area contributed by atoms with Gasteiger partial charge in [0, 0.05) is 34.0 Å². The third kappa shape index (κ3) is 1.46. The molecule has 2 fully saturated rings. The average Bonchev–Trinajstić information content (AvgIpc) is 2.78. The third-order valence-electron chi connectivity index (χ3n) is 3.45. The first-order chi connectivity index (χ1) is 6.83. The molecular formula is C11H13IN2. The molecule has 1 N–H and O–H groups in total. The zero-order chi connectivity index (χ0) is 9.54. The second-order valence-corrected chi connectivity index (χ2v) is 5.57. The Labute approximate surface area is 97.6 Å². The fourth-order valence-corrected chi connectivity index (χ4v) is 3.34. The SMILES string of the molecule is Ic1cncc([C@H]2C[C@@H]3CC[C@H]2N3)c1. The topological polar surface area (TPSA) is 24.9 Å². The average molecular weight is 300 g/mol. The van der Waals surface area contributed by atoms with Crippen molar-refractivity contribution >= 4 is 22.6 Å². The van der Waals surface area contributed by atoms with E-state index in [0.717, 1.165) is 18.0 Å². The van der Waals surface area contributed by atoms with Crippen molar-refractivity contribution in [3.05, 3.63) is 27.6 Å². The number of nitrogens with zero attached hydrogens (tertiary/aromatic N) is 1. The van der Waals surface area contributed by atoms with Crippen LogP contribution in [0.4, 0.5) is 0 Å². The zero-order valence-electron chi connectivity index (χ0n) is 7.91. The van der Waals surface area contributed by atoms with E-state index < -0.39 is 0 Å². The molecule has 0 amide bonds. The van der Waals surface area contributed by atoms with Crippen molar-refractivity contribution in [2.24, 2.45) is 0 Å². The first kappa shape index (κ1) is 9.09. The minimum absolute atomic E-state index is 0.718.